The lowest BCUT2D eigenvalue weighted by Crippen LogP contribution is -2.25. The lowest BCUT2D eigenvalue weighted by atomic mass is 10.0. The van der Waals surface area contributed by atoms with Crippen molar-refractivity contribution in [2.75, 3.05) is 11.9 Å². The van der Waals surface area contributed by atoms with Crippen LogP contribution in [0.1, 0.15) is 6.92 Å². The maximum atomic E-state index is 11.0. The maximum absolute atomic E-state index is 11.0. The minimum Gasteiger partial charge on any atom is -0.504 e. The van der Waals surface area contributed by atoms with E-state index in [0.29, 0.717) is 26.5 Å². The monoisotopic (exact) mass is 432 g/mol. The van der Waals surface area contributed by atoms with Gasteiger partial charge in [-0.15, -0.1) is 0 Å². The molecule has 7 heteroatoms. The van der Waals surface area contributed by atoms with Gasteiger partial charge >= 0.3 is 5.97 Å². The Kier molecular flexibility index (Phi) is 6.78. The van der Waals surface area contributed by atoms with E-state index in [4.69, 9.17) is 32.7 Å². The number of alkyl halides is 1. The van der Waals surface area contributed by atoms with Crippen LogP contribution in [0.2, 0.25) is 10.0 Å². The van der Waals surface area contributed by atoms with Crippen molar-refractivity contribution in [2.24, 2.45) is 0 Å². The summed E-state index contributed by atoms with van der Waals surface area (Å²) in [5.41, 5.74) is 0.992. The zero-order valence-electron chi connectivity index (χ0n) is 12.8. The Bertz CT molecular complexity index is 716. The first-order valence-electron chi connectivity index (χ1n) is 7.06. The summed E-state index contributed by atoms with van der Waals surface area (Å²) in [5, 5.41) is 11.8. The van der Waals surface area contributed by atoms with Crippen molar-refractivity contribution in [1.29, 1.82) is 0 Å². The van der Waals surface area contributed by atoms with Crippen LogP contribution < -0.4 is 4.74 Å². The molecule has 1 atom stereocenters. The van der Waals surface area contributed by atoms with Crippen LogP contribution in [0.25, 0.3) is 11.1 Å². The van der Waals surface area contributed by atoms with Gasteiger partial charge in [-0.1, -0.05) is 57.3 Å². The Balaban J connectivity index is 2.27. The third kappa shape index (κ3) is 4.56. The molecule has 2 aromatic carbocycles. The molecule has 128 valence electrons. The normalized spacial score (nSPS) is 11.8. The molecule has 0 saturated heterocycles. The molecule has 0 aliphatic rings. The van der Waals surface area contributed by atoms with E-state index >= 15 is 0 Å². The summed E-state index contributed by atoms with van der Waals surface area (Å²) in [7, 11) is 0. The summed E-state index contributed by atoms with van der Waals surface area (Å²) in [5.74, 6) is -0.228. The van der Waals surface area contributed by atoms with Crippen molar-refractivity contribution < 1.29 is 19.4 Å². The molecule has 0 heterocycles. The van der Waals surface area contributed by atoms with Gasteiger partial charge in [0.15, 0.2) is 11.5 Å². The summed E-state index contributed by atoms with van der Waals surface area (Å²) < 4.78 is 10.7. The number of benzene rings is 2. The number of hydrogen-bond acceptors (Lipinski definition) is 4. The van der Waals surface area contributed by atoms with Crippen LogP contribution in [0, 0.1) is 0 Å². The molecule has 0 radical (unpaired) electrons. The van der Waals surface area contributed by atoms with E-state index in [0.717, 1.165) is 0 Å². The quantitative estimate of drug-likeness (QED) is 0.510. The summed E-state index contributed by atoms with van der Waals surface area (Å²) in [6.45, 7) is 1.42. The van der Waals surface area contributed by atoms with Crippen LogP contribution in [-0.4, -0.2) is 29.1 Å². The SMILES string of the molecule is CC(=O)O[C@H](CBr)COc1cccc(-c2c(Cl)cccc2Cl)c1O. The second kappa shape index (κ2) is 8.60. The minimum atomic E-state index is -0.463. The van der Waals surface area contributed by atoms with E-state index in [1.54, 1.807) is 36.4 Å². The van der Waals surface area contributed by atoms with Crippen LogP contribution in [0.3, 0.4) is 0 Å². The first-order valence-corrected chi connectivity index (χ1v) is 8.94. The standard InChI is InChI=1S/C17H15BrCl2O4/c1-10(21)24-11(8-18)9-23-15-7-2-4-12(17(15)22)16-13(19)5-3-6-14(16)20/h2-7,11,22H,8-9H2,1H3/t11-/m1/s1. The molecule has 0 aliphatic heterocycles. The lowest BCUT2D eigenvalue weighted by molar-refractivity contribution is -0.146. The van der Waals surface area contributed by atoms with Crippen LogP contribution in [0.4, 0.5) is 0 Å². The maximum Gasteiger partial charge on any atom is 0.303 e. The van der Waals surface area contributed by atoms with Crippen molar-refractivity contribution in [2.45, 2.75) is 13.0 Å². The Morgan fingerprint density at radius 3 is 2.42 bits per heavy atom. The summed E-state index contributed by atoms with van der Waals surface area (Å²) in [6, 6.07) is 10.1. The van der Waals surface area contributed by atoms with E-state index in [2.05, 4.69) is 15.9 Å². The molecule has 4 nitrogen and oxygen atoms in total. The number of ether oxygens (including phenoxy) is 2. The van der Waals surface area contributed by atoms with Crippen molar-refractivity contribution >= 4 is 45.1 Å². The Labute approximate surface area is 158 Å². The van der Waals surface area contributed by atoms with Gasteiger partial charge in [0.05, 0.1) is 10.0 Å². The number of aromatic hydroxyl groups is 1. The first-order chi connectivity index (χ1) is 11.4. The highest BCUT2D eigenvalue weighted by Gasteiger charge is 2.17. The van der Waals surface area contributed by atoms with Gasteiger partial charge in [-0.2, -0.15) is 0 Å². The van der Waals surface area contributed by atoms with Gasteiger partial charge in [0.1, 0.15) is 12.7 Å². The Morgan fingerprint density at radius 2 is 1.83 bits per heavy atom. The average Bonchev–Trinajstić information content (AvgIpc) is 2.53. The number of phenolic OH excluding ortho intramolecular Hbond substituents is 1. The number of carbonyl (C=O) groups excluding carboxylic acids is 1. The van der Waals surface area contributed by atoms with Gasteiger partial charge in [-0.3, -0.25) is 4.79 Å². The van der Waals surface area contributed by atoms with Crippen molar-refractivity contribution in [3.63, 3.8) is 0 Å². The summed E-state index contributed by atoms with van der Waals surface area (Å²) in [4.78, 5) is 11.0. The average molecular weight is 434 g/mol. The Hall–Kier alpha value is -1.43. The number of esters is 1. The lowest BCUT2D eigenvalue weighted by Gasteiger charge is -2.17. The van der Waals surface area contributed by atoms with Crippen molar-refractivity contribution in [3.05, 3.63) is 46.4 Å². The van der Waals surface area contributed by atoms with E-state index in [-0.39, 0.29) is 18.1 Å². The van der Waals surface area contributed by atoms with Gasteiger partial charge in [0, 0.05) is 23.4 Å². The largest absolute Gasteiger partial charge is 0.504 e. The second-order valence-corrected chi connectivity index (χ2v) is 6.41. The first kappa shape index (κ1) is 18.9. The molecule has 0 saturated carbocycles. The molecule has 0 bridgehead atoms. The molecular formula is C17H15BrCl2O4. The molecular weight excluding hydrogens is 419 g/mol. The predicted octanol–water partition coefficient (Wildman–Crippen LogP) is 5.07. The fraction of sp³-hybridized carbons (Fsp3) is 0.235. The topological polar surface area (TPSA) is 55.8 Å². The molecule has 0 fully saturated rings. The van der Waals surface area contributed by atoms with E-state index in [1.165, 1.54) is 6.92 Å². The molecule has 1 N–H and O–H groups in total. The third-order valence-electron chi connectivity index (χ3n) is 3.16. The molecule has 0 amide bonds. The smallest absolute Gasteiger partial charge is 0.303 e. The van der Waals surface area contributed by atoms with E-state index in [9.17, 15) is 9.90 Å². The Morgan fingerprint density at radius 1 is 1.21 bits per heavy atom. The predicted molar refractivity (Wildman–Crippen MR) is 98.4 cm³/mol. The molecule has 0 aromatic heterocycles. The van der Waals surface area contributed by atoms with E-state index < -0.39 is 12.1 Å². The van der Waals surface area contributed by atoms with Gasteiger partial charge in [-0.05, 0) is 18.2 Å². The van der Waals surface area contributed by atoms with Crippen LogP contribution in [0.5, 0.6) is 11.5 Å². The molecule has 0 unspecified atom stereocenters. The minimum absolute atomic E-state index is 0.0800. The van der Waals surface area contributed by atoms with Gasteiger partial charge in [0.25, 0.3) is 0 Å². The molecule has 0 aliphatic carbocycles. The fourth-order valence-corrected chi connectivity index (χ4v) is 3.04. The van der Waals surface area contributed by atoms with E-state index in [1.807, 2.05) is 0 Å². The van der Waals surface area contributed by atoms with Gasteiger partial charge < -0.3 is 14.6 Å². The second-order valence-electron chi connectivity index (χ2n) is 4.95. The molecule has 2 rings (SSSR count). The van der Waals surface area contributed by atoms with Crippen LogP contribution in [0.15, 0.2) is 36.4 Å². The highest BCUT2D eigenvalue weighted by molar-refractivity contribution is 9.09. The molecule has 24 heavy (non-hydrogen) atoms. The number of halogens is 3. The van der Waals surface area contributed by atoms with Gasteiger partial charge in [-0.25, -0.2) is 0 Å². The molecule has 0 spiro atoms. The van der Waals surface area contributed by atoms with Gasteiger partial charge in [0.2, 0.25) is 0 Å². The third-order valence-corrected chi connectivity index (χ3v) is 4.51. The van der Waals surface area contributed by atoms with Crippen molar-refractivity contribution in [1.82, 2.24) is 0 Å². The number of carbonyl (C=O) groups is 1. The number of hydrogen-bond donors (Lipinski definition) is 1. The number of rotatable bonds is 6. The zero-order valence-corrected chi connectivity index (χ0v) is 15.9. The van der Waals surface area contributed by atoms with Crippen molar-refractivity contribution in [3.8, 4) is 22.6 Å². The zero-order chi connectivity index (χ0) is 17.7. The highest BCUT2D eigenvalue weighted by atomic mass is 79.9. The summed E-state index contributed by atoms with van der Waals surface area (Å²) >= 11 is 15.6. The fourth-order valence-electron chi connectivity index (χ4n) is 2.12. The highest BCUT2D eigenvalue weighted by Crippen LogP contribution is 2.43. The van der Waals surface area contributed by atoms with Crippen LogP contribution in [-0.2, 0) is 9.53 Å². The number of para-hydroxylation sites is 1. The molecule has 2 aromatic rings. The summed E-state index contributed by atoms with van der Waals surface area (Å²) in [6.07, 6.45) is -0.463. The number of phenols is 1. The van der Waals surface area contributed by atoms with Crippen LogP contribution >= 0.6 is 39.1 Å².